The summed E-state index contributed by atoms with van der Waals surface area (Å²) in [6.07, 6.45) is 8.44. The van der Waals surface area contributed by atoms with E-state index in [1.807, 2.05) is 0 Å². The number of benzene rings is 2. The van der Waals surface area contributed by atoms with Crippen molar-refractivity contribution in [1.82, 2.24) is 29.9 Å². The van der Waals surface area contributed by atoms with Crippen molar-refractivity contribution >= 4 is 32.5 Å². The number of aromatic nitrogens is 6. The van der Waals surface area contributed by atoms with Crippen LogP contribution < -0.4 is 14.8 Å². The summed E-state index contributed by atoms with van der Waals surface area (Å²) in [7, 11) is -0.415. The molecule has 0 saturated carbocycles. The minimum atomic E-state index is -3.55. The maximum absolute atomic E-state index is 12.7. The lowest BCUT2D eigenvalue weighted by molar-refractivity contribution is 0.356. The van der Waals surface area contributed by atoms with Gasteiger partial charge in [0, 0.05) is 42.7 Å². The van der Waals surface area contributed by atoms with Gasteiger partial charge in [-0.25, -0.2) is 38.3 Å². The third-order valence-corrected chi connectivity index (χ3v) is 7.33. The fourth-order valence-electron chi connectivity index (χ4n) is 3.81. The van der Waals surface area contributed by atoms with Gasteiger partial charge in [-0.2, -0.15) is 0 Å². The van der Waals surface area contributed by atoms with Crippen LogP contribution in [0.25, 0.3) is 10.9 Å². The van der Waals surface area contributed by atoms with Gasteiger partial charge in [-0.15, -0.1) is 0 Å². The van der Waals surface area contributed by atoms with Gasteiger partial charge in [0.2, 0.25) is 5.95 Å². The highest BCUT2D eigenvalue weighted by atomic mass is 32.2. The normalized spacial score (nSPS) is 11.3. The molecular formula is C26H23N7O4S. The van der Waals surface area contributed by atoms with Gasteiger partial charge < -0.3 is 14.8 Å². The minimum Gasteiger partial charge on any atom is -0.493 e. The zero-order valence-electron chi connectivity index (χ0n) is 20.6. The number of nitrogens with zero attached hydrogens (tertiary/aromatic N) is 6. The van der Waals surface area contributed by atoms with Crippen LogP contribution in [0.15, 0.2) is 78.5 Å². The van der Waals surface area contributed by atoms with Gasteiger partial charge in [0.25, 0.3) is 0 Å². The molecule has 11 nitrogen and oxygen atoms in total. The van der Waals surface area contributed by atoms with Crippen LogP contribution in [0.1, 0.15) is 17.0 Å². The lowest BCUT2D eigenvalue weighted by atomic mass is 10.1. The van der Waals surface area contributed by atoms with Crippen LogP contribution in [0.4, 0.5) is 11.8 Å². The van der Waals surface area contributed by atoms with Crippen molar-refractivity contribution in [3.63, 3.8) is 0 Å². The van der Waals surface area contributed by atoms with Crippen LogP contribution in [-0.4, -0.2) is 52.5 Å². The van der Waals surface area contributed by atoms with E-state index in [1.54, 1.807) is 69.1 Å². The topological polar surface area (TPSA) is 142 Å². The third-order valence-electron chi connectivity index (χ3n) is 5.71. The lowest BCUT2D eigenvalue weighted by Crippen LogP contribution is -2.08. The van der Waals surface area contributed by atoms with E-state index in [0.717, 1.165) is 16.5 Å². The molecule has 0 unspecified atom stereocenters. The highest BCUT2D eigenvalue weighted by molar-refractivity contribution is 7.90. The standard InChI is InChI=1S/C26H23N7O4S/c1-36-22-11-20-21(12-23(22)37-2)31-16-32-25(20)33-26-29-13-18(14-30-26)10-17-4-6-19(7-5-17)38(34,35)15-24-27-8-3-9-28-24/h3-9,11-14,16H,10,15H2,1-2H3,(H,29,30,31,32,33). The van der Waals surface area contributed by atoms with Gasteiger partial charge >= 0.3 is 0 Å². The molecule has 0 aliphatic heterocycles. The maximum Gasteiger partial charge on any atom is 0.228 e. The number of fused-ring (bicyclic) bond motifs is 1. The number of hydrogen-bond acceptors (Lipinski definition) is 11. The van der Waals surface area contributed by atoms with E-state index < -0.39 is 9.84 Å². The Morgan fingerprint density at radius 3 is 2.18 bits per heavy atom. The summed E-state index contributed by atoms with van der Waals surface area (Å²) in [5.41, 5.74) is 2.47. The number of methoxy groups -OCH3 is 2. The van der Waals surface area contributed by atoms with E-state index in [2.05, 4.69) is 35.2 Å². The van der Waals surface area contributed by atoms with Crippen LogP contribution in [0.5, 0.6) is 11.5 Å². The molecule has 3 aromatic heterocycles. The fraction of sp³-hybridized carbons (Fsp3) is 0.154. The molecule has 0 atom stereocenters. The molecule has 1 N–H and O–H groups in total. The van der Waals surface area contributed by atoms with E-state index in [0.29, 0.717) is 35.2 Å². The van der Waals surface area contributed by atoms with Gasteiger partial charge in [0.1, 0.15) is 23.7 Å². The number of hydrogen-bond donors (Lipinski definition) is 1. The molecule has 38 heavy (non-hydrogen) atoms. The third kappa shape index (κ3) is 5.49. The predicted molar refractivity (Wildman–Crippen MR) is 140 cm³/mol. The Balaban J connectivity index is 1.28. The predicted octanol–water partition coefficient (Wildman–Crippen LogP) is 3.54. The molecule has 0 saturated heterocycles. The van der Waals surface area contributed by atoms with E-state index in [9.17, 15) is 8.42 Å². The van der Waals surface area contributed by atoms with Crippen LogP contribution in [0.2, 0.25) is 0 Å². The molecule has 2 aromatic carbocycles. The summed E-state index contributed by atoms with van der Waals surface area (Å²) >= 11 is 0. The van der Waals surface area contributed by atoms with Gasteiger partial charge in [-0.05, 0) is 35.4 Å². The van der Waals surface area contributed by atoms with Gasteiger partial charge in [0.15, 0.2) is 21.3 Å². The summed E-state index contributed by atoms with van der Waals surface area (Å²) in [5.74, 6) is 2.03. The average molecular weight is 530 g/mol. The van der Waals surface area contributed by atoms with E-state index >= 15 is 0 Å². The molecular weight excluding hydrogens is 506 g/mol. The van der Waals surface area contributed by atoms with Crippen molar-refractivity contribution in [2.75, 3.05) is 19.5 Å². The van der Waals surface area contributed by atoms with Gasteiger partial charge in [0.05, 0.1) is 24.6 Å². The fourth-order valence-corrected chi connectivity index (χ4v) is 5.01. The first-order chi connectivity index (χ1) is 18.4. The number of rotatable bonds is 9. The molecule has 12 heteroatoms. The van der Waals surface area contributed by atoms with E-state index in [4.69, 9.17) is 9.47 Å². The summed E-state index contributed by atoms with van der Waals surface area (Å²) in [6, 6.07) is 11.9. The van der Waals surface area contributed by atoms with Crippen LogP contribution in [-0.2, 0) is 22.0 Å². The Labute approximate surface area is 218 Å². The molecule has 192 valence electrons. The molecule has 3 heterocycles. The molecule has 0 aliphatic rings. The smallest absolute Gasteiger partial charge is 0.228 e. The largest absolute Gasteiger partial charge is 0.493 e. The highest BCUT2D eigenvalue weighted by Gasteiger charge is 2.17. The highest BCUT2D eigenvalue weighted by Crippen LogP contribution is 2.34. The molecule has 0 aliphatic carbocycles. The quantitative estimate of drug-likeness (QED) is 0.299. The monoisotopic (exact) mass is 529 g/mol. The number of anilines is 2. The molecule has 0 radical (unpaired) electrons. The number of nitrogens with one attached hydrogen (secondary N) is 1. The average Bonchev–Trinajstić information content (AvgIpc) is 2.94. The van der Waals surface area contributed by atoms with Crippen LogP contribution in [0.3, 0.4) is 0 Å². The van der Waals surface area contributed by atoms with Crippen LogP contribution >= 0.6 is 0 Å². The summed E-state index contributed by atoms with van der Waals surface area (Å²) in [5, 5.41) is 3.85. The first-order valence-corrected chi connectivity index (χ1v) is 13.1. The first-order valence-electron chi connectivity index (χ1n) is 11.5. The Morgan fingerprint density at radius 1 is 0.816 bits per heavy atom. The summed E-state index contributed by atoms with van der Waals surface area (Å²) in [4.78, 5) is 25.7. The summed E-state index contributed by atoms with van der Waals surface area (Å²) < 4.78 is 36.1. The molecule has 0 fully saturated rings. The van der Waals surface area contributed by atoms with Gasteiger partial charge in [-0.3, -0.25) is 0 Å². The zero-order chi connectivity index (χ0) is 26.5. The van der Waals surface area contributed by atoms with Crippen LogP contribution in [0, 0.1) is 0 Å². The van der Waals surface area contributed by atoms with Gasteiger partial charge in [-0.1, -0.05) is 12.1 Å². The Morgan fingerprint density at radius 2 is 1.50 bits per heavy atom. The SMILES string of the molecule is COc1cc2ncnc(Nc3ncc(Cc4ccc(S(=O)(=O)Cc5ncccn5)cc4)cn3)c2cc1OC. The van der Waals surface area contributed by atoms with Crippen molar-refractivity contribution in [1.29, 1.82) is 0 Å². The number of sulfone groups is 1. The van der Waals surface area contributed by atoms with E-state index in [1.165, 1.54) is 18.7 Å². The number of ether oxygens (including phenoxy) is 2. The second kappa shape index (κ2) is 10.7. The van der Waals surface area contributed by atoms with Crippen molar-refractivity contribution in [3.8, 4) is 11.5 Å². The molecule has 0 bridgehead atoms. The molecule has 0 amide bonds. The Hall–Kier alpha value is -4.71. The molecule has 0 spiro atoms. The zero-order valence-corrected chi connectivity index (χ0v) is 21.4. The molecule has 5 rings (SSSR count). The summed E-state index contributed by atoms with van der Waals surface area (Å²) in [6.45, 7) is 0. The van der Waals surface area contributed by atoms with E-state index in [-0.39, 0.29) is 16.5 Å². The van der Waals surface area contributed by atoms with Crippen molar-refractivity contribution in [2.45, 2.75) is 17.1 Å². The Kier molecular flexibility index (Phi) is 7.05. The maximum atomic E-state index is 12.7. The second-order valence-corrected chi connectivity index (χ2v) is 10.2. The van der Waals surface area contributed by atoms with Crippen molar-refractivity contribution in [3.05, 3.63) is 90.5 Å². The Bertz CT molecular complexity index is 1660. The molecule has 5 aromatic rings. The first kappa shape index (κ1) is 25.0. The van der Waals surface area contributed by atoms with Crippen molar-refractivity contribution in [2.24, 2.45) is 0 Å². The second-order valence-electron chi connectivity index (χ2n) is 8.23. The van der Waals surface area contributed by atoms with Crippen molar-refractivity contribution < 1.29 is 17.9 Å². The minimum absolute atomic E-state index is 0.218. The lowest BCUT2D eigenvalue weighted by Gasteiger charge is -2.11.